The number of aryl methyl sites for hydroxylation is 1. The van der Waals surface area contributed by atoms with Crippen LogP contribution in [-0.2, 0) is 14.8 Å². The first-order valence-electron chi connectivity index (χ1n) is 5.95. The molecule has 100 valence electrons. The van der Waals surface area contributed by atoms with Gasteiger partial charge in [-0.2, -0.15) is 0 Å². The van der Waals surface area contributed by atoms with E-state index in [-0.39, 0.29) is 10.9 Å². The Balaban J connectivity index is 2.21. The van der Waals surface area contributed by atoms with Crippen LogP contribution < -0.4 is 10.5 Å². The first-order valence-corrected chi connectivity index (χ1v) is 7.43. The normalized spacial score (nSPS) is 20.8. The van der Waals surface area contributed by atoms with E-state index in [0.717, 1.165) is 12.8 Å². The summed E-state index contributed by atoms with van der Waals surface area (Å²) < 4.78 is 32.4. The number of nitrogens with two attached hydrogens (primary N) is 1. The maximum atomic E-state index is 12.3. The fourth-order valence-electron chi connectivity index (χ4n) is 2.02. The van der Waals surface area contributed by atoms with E-state index >= 15 is 0 Å². The van der Waals surface area contributed by atoms with Gasteiger partial charge in [0.15, 0.2) is 0 Å². The fraction of sp³-hybridized carbons (Fsp3) is 0.500. The average Bonchev–Trinajstić information content (AvgIpc) is 2.33. The van der Waals surface area contributed by atoms with Crippen LogP contribution in [0.1, 0.15) is 18.4 Å². The zero-order valence-electron chi connectivity index (χ0n) is 10.3. The summed E-state index contributed by atoms with van der Waals surface area (Å²) in [5.74, 6) is 0. The van der Waals surface area contributed by atoms with Gasteiger partial charge in [0.25, 0.3) is 0 Å². The summed E-state index contributed by atoms with van der Waals surface area (Å²) in [4.78, 5) is 0.244. The van der Waals surface area contributed by atoms with E-state index < -0.39 is 10.0 Å². The summed E-state index contributed by atoms with van der Waals surface area (Å²) in [5, 5.41) is 0. The highest BCUT2D eigenvalue weighted by molar-refractivity contribution is 7.89. The maximum absolute atomic E-state index is 12.3. The third kappa shape index (κ3) is 3.01. The third-order valence-corrected chi connectivity index (χ3v) is 4.65. The largest absolute Gasteiger partial charge is 0.399 e. The van der Waals surface area contributed by atoms with Crippen molar-refractivity contribution in [3.8, 4) is 0 Å². The van der Waals surface area contributed by atoms with Gasteiger partial charge < -0.3 is 10.5 Å². The number of ether oxygens (including phenoxy) is 1. The standard InChI is InChI=1S/C12H18N2O3S/c1-9-4-5-10(13)7-12(9)18(15,16)14-11-3-2-6-17-8-11/h4-5,7,11,14H,2-3,6,8,13H2,1H3. The molecule has 18 heavy (non-hydrogen) atoms. The Morgan fingerprint density at radius 1 is 1.44 bits per heavy atom. The Bertz CT molecular complexity index is 522. The molecule has 0 amide bonds. The molecule has 0 saturated carbocycles. The predicted molar refractivity (Wildman–Crippen MR) is 69.8 cm³/mol. The smallest absolute Gasteiger partial charge is 0.241 e. The van der Waals surface area contributed by atoms with Crippen molar-refractivity contribution in [1.82, 2.24) is 4.72 Å². The number of sulfonamides is 1. The van der Waals surface area contributed by atoms with E-state index in [2.05, 4.69) is 4.72 Å². The van der Waals surface area contributed by atoms with E-state index in [1.165, 1.54) is 6.07 Å². The van der Waals surface area contributed by atoms with Crippen LogP contribution in [0, 0.1) is 6.92 Å². The summed E-state index contributed by atoms with van der Waals surface area (Å²) >= 11 is 0. The Morgan fingerprint density at radius 2 is 2.22 bits per heavy atom. The van der Waals surface area contributed by atoms with Gasteiger partial charge in [-0.05, 0) is 37.5 Å². The number of anilines is 1. The number of rotatable bonds is 3. The highest BCUT2D eigenvalue weighted by atomic mass is 32.2. The van der Waals surface area contributed by atoms with Gasteiger partial charge in [0.1, 0.15) is 0 Å². The van der Waals surface area contributed by atoms with Crippen molar-refractivity contribution in [2.45, 2.75) is 30.7 Å². The molecule has 5 nitrogen and oxygen atoms in total. The van der Waals surface area contributed by atoms with Crippen LogP contribution in [0.15, 0.2) is 23.1 Å². The number of hydrogen-bond donors (Lipinski definition) is 2. The van der Waals surface area contributed by atoms with Gasteiger partial charge in [0.05, 0.1) is 11.5 Å². The van der Waals surface area contributed by atoms with Crippen LogP contribution in [-0.4, -0.2) is 27.7 Å². The second-order valence-corrected chi connectivity index (χ2v) is 6.24. The lowest BCUT2D eigenvalue weighted by Gasteiger charge is -2.23. The molecule has 2 rings (SSSR count). The zero-order chi connectivity index (χ0) is 13.2. The first kappa shape index (κ1) is 13.3. The van der Waals surface area contributed by atoms with Gasteiger partial charge in [-0.3, -0.25) is 0 Å². The monoisotopic (exact) mass is 270 g/mol. The lowest BCUT2D eigenvalue weighted by molar-refractivity contribution is 0.0774. The molecule has 0 aliphatic carbocycles. The average molecular weight is 270 g/mol. The number of nitrogen functional groups attached to an aromatic ring is 1. The quantitative estimate of drug-likeness (QED) is 0.804. The van der Waals surface area contributed by atoms with E-state index in [1.807, 2.05) is 0 Å². The fourth-order valence-corrected chi connectivity index (χ4v) is 3.56. The Kier molecular flexibility index (Phi) is 3.89. The van der Waals surface area contributed by atoms with Crippen molar-refractivity contribution in [3.63, 3.8) is 0 Å². The molecule has 0 radical (unpaired) electrons. The maximum Gasteiger partial charge on any atom is 0.241 e. The predicted octanol–water partition coefficient (Wildman–Crippen LogP) is 1.03. The van der Waals surface area contributed by atoms with Crippen molar-refractivity contribution >= 4 is 15.7 Å². The highest BCUT2D eigenvalue weighted by Gasteiger charge is 2.23. The highest BCUT2D eigenvalue weighted by Crippen LogP contribution is 2.19. The first-order chi connectivity index (χ1) is 8.49. The second kappa shape index (κ2) is 5.26. The minimum absolute atomic E-state index is 0.149. The van der Waals surface area contributed by atoms with E-state index in [4.69, 9.17) is 10.5 Å². The Labute approximate surface area is 107 Å². The van der Waals surface area contributed by atoms with Gasteiger partial charge in [-0.1, -0.05) is 6.07 Å². The van der Waals surface area contributed by atoms with E-state index in [9.17, 15) is 8.42 Å². The molecule has 1 aliphatic rings. The molecular formula is C12H18N2O3S. The van der Waals surface area contributed by atoms with Crippen molar-refractivity contribution in [3.05, 3.63) is 23.8 Å². The third-order valence-electron chi connectivity index (χ3n) is 2.98. The van der Waals surface area contributed by atoms with Crippen LogP contribution in [0.2, 0.25) is 0 Å². The molecule has 1 aliphatic heterocycles. The zero-order valence-corrected chi connectivity index (χ0v) is 11.2. The molecule has 6 heteroatoms. The second-order valence-electron chi connectivity index (χ2n) is 4.56. The van der Waals surface area contributed by atoms with Crippen LogP contribution in [0.3, 0.4) is 0 Å². The summed E-state index contributed by atoms with van der Waals surface area (Å²) in [7, 11) is -3.52. The molecule has 1 atom stereocenters. The molecule has 1 unspecified atom stereocenters. The number of nitrogens with one attached hydrogen (secondary N) is 1. The Morgan fingerprint density at radius 3 is 2.89 bits per heavy atom. The van der Waals surface area contributed by atoms with Gasteiger partial charge in [0, 0.05) is 18.3 Å². The van der Waals surface area contributed by atoms with Crippen molar-refractivity contribution in [2.75, 3.05) is 18.9 Å². The summed E-state index contributed by atoms with van der Waals surface area (Å²) in [6.07, 6.45) is 1.68. The van der Waals surface area contributed by atoms with Crippen LogP contribution in [0.5, 0.6) is 0 Å². The molecule has 1 heterocycles. The molecule has 1 saturated heterocycles. The lowest BCUT2D eigenvalue weighted by Crippen LogP contribution is -2.40. The molecule has 1 aromatic carbocycles. The van der Waals surface area contributed by atoms with Gasteiger partial charge >= 0.3 is 0 Å². The molecule has 1 aromatic rings. The van der Waals surface area contributed by atoms with Gasteiger partial charge in [0.2, 0.25) is 10.0 Å². The number of hydrogen-bond acceptors (Lipinski definition) is 4. The topological polar surface area (TPSA) is 81.4 Å². The SMILES string of the molecule is Cc1ccc(N)cc1S(=O)(=O)NC1CCCOC1. The molecule has 1 fully saturated rings. The van der Waals surface area contributed by atoms with Gasteiger partial charge in [-0.25, -0.2) is 13.1 Å². The van der Waals surface area contributed by atoms with Crippen LogP contribution in [0.25, 0.3) is 0 Å². The lowest BCUT2D eigenvalue weighted by atomic mass is 10.1. The summed E-state index contributed by atoms with van der Waals surface area (Å²) in [6, 6.07) is 4.74. The molecule has 0 bridgehead atoms. The Hall–Kier alpha value is -1.11. The summed E-state index contributed by atoms with van der Waals surface area (Å²) in [6.45, 7) is 2.89. The molecule has 0 aromatic heterocycles. The molecule has 0 spiro atoms. The van der Waals surface area contributed by atoms with Crippen molar-refractivity contribution in [1.29, 1.82) is 0 Å². The minimum atomic E-state index is -3.52. The van der Waals surface area contributed by atoms with Crippen LogP contribution in [0.4, 0.5) is 5.69 Å². The van der Waals surface area contributed by atoms with Gasteiger partial charge in [-0.15, -0.1) is 0 Å². The van der Waals surface area contributed by atoms with E-state index in [0.29, 0.717) is 24.5 Å². The molecule has 3 N–H and O–H groups in total. The van der Waals surface area contributed by atoms with Crippen LogP contribution >= 0.6 is 0 Å². The minimum Gasteiger partial charge on any atom is -0.399 e. The molecular weight excluding hydrogens is 252 g/mol. The van der Waals surface area contributed by atoms with Crippen molar-refractivity contribution < 1.29 is 13.2 Å². The summed E-state index contributed by atoms with van der Waals surface area (Å²) in [5.41, 5.74) is 6.77. The van der Waals surface area contributed by atoms with E-state index in [1.54, 1.807) is 19.1 Å². The number of benzene rings is 1. The van der Waals surface area contributed by atoms with Crippen molar-refractivity contribution in [2.24, 2.45) is 0 Å².